The molecule has 0 saturated carbocycles. The first-order chi connectivity index (χ1) is 9.32. The van der Waals surface area contributed by atoms with E-state index in [4.69, 9.17) is 16.3 Å². The molecule has 1 aliphatic rings. The third-order valence-electron chi connectivity index (χ3n) is 3.29. The molecule has 0 aliphatic carbocycles. The number of carbonyl (C=O) groups excluding carboxylic acids is 2. The lowest BCUT2D eigenvalue weighted by molar-refractivity contribution is -0.120. The van der Waals surface area contributed by atoms with Gasteiger partial charge in [0.15, 0.2) is 5.78 Å². The zero-order valence-corrected chi connectivity index (χ0v) is 12.6. The van der Waals surface area contributed by atoms with E-state index in [1.807, 2.05) is 13.8 Å². The zero-order chi connectivity index (χ0) is 14.9. The highest BCUT2D eigenvalue weighted by Gasteiger charge is 2.34. The molecule has 1 N–H and O–H groups in total. The standard InChI is InChI=1S/C15H18ClNO3/c1-9(18)17-12-7-15(2,3)20-14-5-4-10(6-11(12)14)13(19)8-16/h4-6,12H,7-8H2,1-3H3,(H,17,18). The molecule has 1 heterocycles. The van der Waals surface area contributed by atoms with Crippen molar-refractivity contribution in [2.24, 2.45) is 0 Å². The number of hydrogen-bond donors (Lipinski definition) is 1. The van der Waals surface area contributed by atoms with Crippen LogP contribution in [-0.4, -0.2) is 23.2 Å². The van der Waals surface area contributed by atoms with Gasteiger partial charge >= 0.3 is 0 Å². The molecule has 0 radical (unpaired) electrons. The summed E-state index contributed by atoms with van der Waals surface area (Å²) in [4.78, 5) is 23.1. The van der Waals surface area contributed by atoms with Gasteiger partial charge in [-0.3, -0.25) is 9.59 Å². The number of nitrogens with one attached hydrogen (secondary N) is 1. The maximum absolute atomic E-state index is 11.7. The van der Waals surface area contributed by atoms with Crippen molar-refractivity contribution >= 4 is 23.3 Å². The molecule has 1 aromatic rings. The number of hydrogen-bond acceptors (Lipinski definition) is 3. The number of ether oxygens (including phenoxy) is 1. The summed E-state index contributed by atoms with van der Waals surface area (Å²) in [7, 11) is 0. The van der Waals surface area contributed by atoms with Gasteiger partial charge in [-0.15, -0.1) is 11.6 Å². The van der Waals surface area contributed by atoms with Gasteiger partial charge in [-0.25, -0.2) is 0 Å². The maximum Gasteiger partial charge on any atom is 0.217 e. The molecule has 0 fully saturated rings. The highest BCUT2D eigenvalue weighted by atomic mass is 35.5. The molecule has 1 unspecified atom stereocenters. The Balaban J connectivity index is 2.43. The SMILES string of the molecule is CC(=O)NC1CC(C)(C)Oc2ccc(C(=O)CCl)cc21. The zero-order valence-electron chi connectivity index (χ0n) is 11.8. The molecule has 1 amide bonds. The first-order valence-electron chi connectivity index (χ1n) is 6.51. The molecule has 108 valence electrons. The Morgan fingerprint density at radius 3 is 2.75 bits per heavy atom. The second-order valence-electron chi connectivity index (χ2n) is 5.63. The summed E-state index contributed by atoms with van der Waals surface area (Å²) in [6.07, 6.45) is 0.651. The molecule has 0 saturated heterocycles. The Kier molecular flexibility index (Phi) is 4.04. The van der Waals surface area contributed by atoms with Crippen molar-refractivity contribution < 1.29 is 14.3 Å². The van der Waals surface area contributed by atoms with E-state index in [9.17, 15) is 9.59 Å². The van der Waals surface area contributed by atoms with Crippen LogP contribution in [0.2, 0.25) is 0 Å². The third-order valence-corrected chi connectivity index (χ3v) is 3.53. The van der Waals surface area contributed by atoms with Crippen LogP contribution in [0, 0.1) is 0 Å². The lowest BCUT2D eigenvalue weighted by Gasteiger charge is -2.38. The van der Waals surface area contributed by atoms with Gasteiger partial charge in [0, 0.05) is 24.5 Å². The topological polar surface area (TPSA) is 55.4 Å². The smallest absolute Gasteiger partial charge is 0.217 e. The lowest BCUT2D eigenvalue weighted by Crippen LogP contribution is -2.40. The Labute approximate surface area is 123 Å². The molecule has 0 aromatic heterocycles. The number of alkyl halides is 1. The van der Waals surface area contributed by atoms with E-state index in [0.29, 0.717) is 17.7 Å². The fourth-order valence-corrected chi connectivity index (χ4v) is 2.63. The average Bonchev–Trinajstić information content (AvgIpc) is 2.35. The molecule has 0 bridgehead atoms. The van der Waals surface area contributed by atoms with Crippen molar-refractivity contribution in [3.8, 4) is 5.75 Å². The minimum Gasteiger partial charge on any atom is -0.487 e. The lowest BCUT2D eigenvalue weighted by atomic mass is 9.88. The largest absolute Gasteiger partial charge is 0.487 e. The summed E-state index contributed by atoms with van der Waals surface area (Å²) < 4.78 is 5.90. The van der Waals surface area contributed by atoms with E-state index >= 15 is 0 Å². The van der Waals surface area contributed by atoms with E-state index in [1.54, 1.807) is 18.2 Å². The summed E-state index contributed by atoms with van der Waals surface area (Å²) in [6.45, 7) is 5.43. The molecule has 0 spiro atoms. The Morgan fingerprint density at radius 1 is 1.45 bits per heavy atom. The Bertz CT molecular complexity index is 554. The first kappa shape index (κ1) is 14.9. The average molecular weight is 296 g/mol. The Morgan fingerprint density at radius 2 is 2.15 bits per heavy atom. The summed E-state index contributed by atoms with van der Waals surface area (Å²) in [6, 6.07) is 5.07. The summed E-state index contributed by atoms with van der Waals surface area (Å²) in [5.74, 6) is 0.398. The Hall–Kier alpha value is -1.55. The molecule has 20 heavy (non-hydrogen) atoms. The van der Waals surface area contributed by atoms with E-state index in [-0.39, 0.29) is 29.2 Å². The van der Waals surface area contributed by atoms with Crippen LogP contribution < -0.4 is 10.1 Å². The molecular weight excluding hydrogens is 278 g/mol. The molecule has 1 atom stereocenters. The fourth-order valence-electron chi connectivity index (χ4n) is 2.48. The van der Waals surface area contributed by atoms with Gasteiger partial charge in [-0.05, 0) is 32.0 Å². The van der Waals surface area contributed by atoms with Gasteiger partial charge in [0.1, 0.15) is 11.4 Å². The third kappa shape index (κ3) is 3.12. The highest BCUT2D eigenvalue weighted by molar-refractivity contribution is 6.30. The summed E-state index contributed by atoms with van der Waals surface area (Å²) >= 11 is 5.59. The van der Waals surface area contributed by atoms with E-state index in [0.717, 1.165) is 5.56 Å². The summed E-state index contributed by atoms with van der Waals surface area (Å²) in [5.41, 5.74) is 1.01. The van der Waals surface area contributed by atoms with Gasteiger partial charge < -0.3 is 10.1 Å². The van der Waals surface area contributed by atoms with Crippen LogP contribution in [0.3, 0.4) is 0 Å². The maximum atomic E-state index is 11.7. The van der Waals surface area contributed by atoms with Crippen molar-refractivity contribution in [3.63, 3.8) is 0 Å². The number of rotatable bonds is 3. The van der Waals surface area contributed by atoms with Crippen LogP contribution in [0.15, 0.2) is 18.2 Å². The monoisotopic (exact) mass is 295 g/mol. The first-order valence-corrected chi connectivity index (χ1v) is 7.05. The van der Waals surface area contributed by atoms with Crippen LogP contribution >= 0.6 is 11.6 Å². The van der Waals surface area contributed by atoms with Crippen molar-refractivity contribution in [2.45, 2.75) is 38.8 Å². The fraction of sp³-hybridized carbons (Fsp3) is 0.467. The van der Waals surface area contributed by atoms with E-state index < -0.39 is 0 Å². The van der Waals surface area contributed by atoms with E-state index in [1.165, 1.54) is 6.92 Å². The minimum absolute atomic E-state index is 0.0596. The predicted octanol–water partition coefficient (Wildman–Crippen LogP) is 2.85. The predicted molar refractivity (Wildman–Crippen MR) is 77.4 cm³/mol. The molecular formula is C15H18ClNO3. The van der Waals surface area contributed by atoms with Crippen molar-refractivity contribution in [3.05, 3.63) is 29.3 Å². The summed E-state index contributed by atoms with van der Waals surface area (Å²) in [5, 5.41) is 2.91. The molecule has 1 aromatic carbocycles. The van der Waals surface area contributed by atoms with Crippen LogP contribution in [0.4, 0.5) is 0 Å². The molecule has 5 heteroatoms. The number of carbonyl (C=O) groups is 2. The number of ketones is 1. The van der Waals surface area contributed by atoms with Gasteiger partial charge in [-0.2, -0.15) is 0 Å². The molecule has 1 aliphatic heterocycles. The normalized spacial score (nSPS) is 19.7. The quantitative estimate of drug-likeness (QED) is 0.689. The molecule has 4 nitrogen and oxygen atoms in total. The number of benzene rings is 1. The second kappa shape index (κ2) is 5.44. The van der Waals surface area contributed by atoms with Crippen LogP contribution in [0.5, 0.6) is 5.75 Å². The van der Waals surface area contributed by atoms with Crippen molar-refractivity contribution in [1.82, 2.24) is 5.32 Å². The van der Waals surface area contributed by atoms with Crippen molar-refractivity contribution in [1.29, 1.82) is 0 Å². The van der Waals surface area contributed by atoms with Crippen LogP contribution in [0.25, 0.3) is 0 Å². The van der Waals surface area contributed by atoms with Gasteiger partial charge in [0.05, 0.1) is 11.9 Å². The van der Waals surface area contributed by atoms with Crippen molar-refractivity contribution in [2.75, 3.05) is 5.88 Å². The number of Topliss-reactive ketones (excluding diaryl/α,β-unsaturated/α-hetero) is 1. The van der Waals surface area contributed by atoms with E-state index in [2.05, 4.69) is 5.32 Å². The number of fused-ring (bicyclic) bond motifs is 1. The number of halogens is 1. The van der Waals surface area contributed by atoms with Gasteiger partial charge in [0.25, 0.3) is 0 Å². The van der Waals surface area contributed by atoms with Crippen LogP contribution in [0.1, 0.15) is 49.2 Å². The van der Waals surface area contributed by atoms with Gasteiger partial charge in [-0.1, -0.05) is 0 Å². The minimum atomic E-state index is -0.363. The second-order valence-corrected chi connectivity index (χ2v) is 5.90. The van der Waals surface area contributed by atoms with Crippen LogP contribution in [-0.2, 0) is 4.79 Å². The number of amides is 1. The van der Waals surface area contributed by atoms with Gasteiger partial charge in [0.2, 0.25) is 5.91 Å². The highest BCUT2D eigenvalue weighted by Crippen LogP contribution is 2.39. The molecule has 2 rings (SSSR count).